The third kappa shape index (κ3) is 5.12. The van der Waals surface area contributed by atoms with E-state index in [9.17, 15) is 13.0 Å². The van der Waals surface area contributed by atoms with E-state index in [1.165, 1.54) is 12.1 Å². The van der Waals surface area contributed by atoms with Crippen molar-refractivity contribution in [3.8, 4) is 11.5 Å². The molecule has 2 rings (SSSR count). The second kappa shape index (κ2) is 8.91. The molecule has 0 bridgehead atoms. The van der Waals surface area contributed by atoms with Gasteiger partial charge >= 0.3 is 0 Å². The highest BCUT2D eigenvalue weighted by molar-refractivity contribution is 7.85. The molecule has 0 amide bonds. The lowest BCUT2D eigenvalue weighted by Crippen LogP contribution is -2.24. The average molecular weight is 379 g/mol. The lowest BCUT2D eigenvalue weighted by atomic mass is 10.1. The van der Waals surface area contributed by atoms with Crippen molar-refractivity contribution in [2.24, 2.45) is 0 Å². The third-order valence-electron chi connectivity index (χ3n) is 4.08. The third-order valence-corrected chi connectivity index (χ3v) is 4.93. The number of unbranched alkanes of at least 4 members (excludes halogenated alkanes) is 1. The molecule has 26 heavy (non-hydrogen) atoms. The van der Waals surface area contributed by atoms with Gasteiger partial charge in [0.1, 0.15) is 11.5 Å². The summed E-state index contributed by atoms with van der Waals surface area (Å²) in [6.45, 7) is 3.36. The lowest BCUT2D eigenvalue weighted by Gasteiger charge is -2.27. The van der Waals surface area contributed by atoms with Crippen molar-refractivity contribution >= 4 is 15.8 Å². The molecule has 0 unspecified atom stereocenters. The van der Waals surface area contributed by atoms with E-state index in [1.807, 2.05) is 24.3 Å². The maximum Gasteiger partial charge on any atom is 0.294 e. The average Bonchev–Trinajstić information content (AvgIpc) is 2.64. The molecule has 0 heterocycles. The van der Waals surface area contributed by atoms with Gasteiger partial charge in [-0.3, -0.25) is 4.55 Å². The van der Waals surface area contributed by atoms with Crippen LogP contribution < -0.4 is 14.4 Å². The monoisotopic (exact) mass is 379 g/mol. The molecule has 0 fully saturated rings. The van der Waals surface area contributed by atoms with Gasteiger partial charge in [0.05, 0.1) is 24.8 Å². The van der Waals surface area contributed by atoms with Crippen LogP contribution in [0.1, 0.15) is 25.3 Å². The normalized spacial score (nSPS) is 11.2. The lowest BCUT2D eigenvalue weighted by molar-refractivity contribution is 0.402. The van der Waals surface area contributed by atoms with Gasteiger partial charge < -0.3 is 14.4 Å². The van der Waals surface area contributed by atoms with E-state index in [-0.39, 0.29) is 4.90 Å². The van der Waals surface area contributed by atoms with Crippen LogP contribution in [0.3, 0.4) is 0 Å². The van der Waals surface area contributed by atoms with Gasteiger partial charge in [0.25, 0.3) is 10.1 Å². The SMILES string of the molecule is CCCCN(Cc1cccc(S(=O)(=O)O)c1)c1cc(OC)ccc1OC. The maximum atomic E-state index is 11.4. The minimum atomic E-state index is -4.23. The first-order valence-electron chi connectivity index (χ1n) is 8.42. The molecule has 0 aliphatic carbocycles. The largest absolute Gasteiger partial charge is 0.497 e. The first-order chi connectivity index (χ1) is 12.4. The van der Waals surface area contributed by atoms with E-state index in [1.54, 1.807) is 20.3 Å². The van der Waals surface area contributed by atoms with E-state index >= 15 is 0 Å². The fourth-order valence-corrected chi connectivity index (χ4v) is 3.25. The molecule has 0 saturated heterocycles. The molecule has 0 aromatic heterocycles. The number of nitrogens with zero attached hydrogens (tertiary/aromatic N) is 1. The molecule has 7 heteroatoms. The summed E-state index contributed by atoms with van der Waals surface area (Å²) in [6.07, 6.45) is 1.99. The van der Waals surface area contributed by atoms with Crippen molar-refractivity contribution in [1.82, 2.24) is 0 Å². The number of hydrogen-bond acceptors (Lipinski definition) is 5. The zero-order valence-electron chi connectivity index (χ0n) is 15.3. The summed E-state index contributed by atoms with van der Waals surface area (Å²) in [5, 5.41) is 0. The topological polar surface area (TPSA) is 76.1 Å². The molecular formula is C19H25NO5S. The number of methoxy groups -OCH3 is 2. The van der Waals surface area contributed by atoms with Crippen LogP contribution in [0.15, 0.2) is 47.4 Å². The number of ether oxygens (including phenoxy) is 2. The second-order valence-electron chi connectivity index (χ2n) is 5.94. The Hall–Kier alpha value is -2.25. The molecule has 2 aromatic carbocycles. The van der Waals surface area contributed by atoms with Crippen molar-refractivity contribution in [2.45, 2.75) is 31.2 Å². The number of benzene rings is 2. The molecule has 0 radical (unpaired) electrons. The Morgan fingerprint density at radius 1 is 1.08 bits per heavy atom. The number of anilines is 1. The summed E-state index contributed by atoms with van der Waals surface area (Å²) in [6, 6.07) is 11.9. The van der Waals surface area contributed by atoms with E-state index in [4.69, 9.17) is 9.47 Å². The van der Waals surface area contributed by atoms with Gasteiger partial charge in [-0.05, 0) is 36.2 Å². The standard InChI is InChI=1S/C19H25NO5S/c1-4-5-11-20(18-13-16(24-2)9-10-19(18)25-3)14-15-7-6-8-17(12-15)26(21,22)23/h6-10,12-13H,4-5,11,14H2,1-3H3,(H,21,22,23). The maximum absolute atomic E-state index is 11.4. The Labute approximate surface area is 155 Å². The highest BCUT2D eigenvalue weighted by Gasteiger charge is 2.16. The predicted molar refractivity (Wildman–Crippen MR) is 102 cm³/mol. The van der Waals surface area contributed by atoms with E-state index in [2.05, 4.69) is 11.8 Å². The van der Waals surface area contributed by atoms with Gasteiger partial charge in [0, 0.05) is 19.2 Å². The summed E-state index contributed by atoms with van der Waals surface area (Å²) in [5.74, 6) is 1.43. The van der Waals surface area contributed by atoms with Crippen LogP contribution >= 0.6 is 0 Å². The summed E-state index contributed by atoms with van der Waals surface area (Å²) in [7, 11) is -1.01. The zero-order chi connectivity index (χ0) is 19.2. The number of rotatable bonds is 9. The van der Waals surface area contributed by atoms with Gasteiger partial charge in [-0.1, -0.05) is 25.5 Å². The first kappa shape index (κ1) is 20.1. The van der Waals surface area contributed by atoms with Crippen LogP contribution in [0.25, 0.3) is 0 Å². The Bertz CT molecular complexity index is 836. The van der Waals surface area contributed by atoms with Gasteiger partial charge in [-0.2, -0.15) is 8.42 Å². The molecule has 0 atom stereocenters. The van der Waals surface area contributed by atoms with E-state index in [0.717, 1.165) is 30.6 Å². The van der Waals surface area contributed by atoms with Gasteiger partial charge in [-0.15, -0.1) is 0 Å². The molecule has 0 aliphatic heterocycles. The molecule has 0 saturated carbocycles. The smallest absolute Gasteiger partial charge is 0.294 e. The van der Waals surface area contributed by atoms with Crippen LogP contribution in [-0.4, -0.2) is 33.7 Å². The number of hydrogen-bond donors (Lipinski definition) is 1. The summed E-state index contributed by atoms with van der Waals surface area (Å²) < 4.78 is 42.9. The van der Waals surface area contributed by atoms with Crippen LogP contribution in [0.2, 0.25) is 0 Å². The van der Waals surface area contributed by atoms with Crippen LogP contribution in [0.4, 0.5) is 5.69 Å². The zero-order valence-corrected chi connectivity index (χ0v) is 16.1. The fraction of sp³-hybridized carbons (Fsp3) is 0.368. The van der Waals surface area contributed by atoms with Crippen LogP contribution in [0.5, 0.6) is 11.5 Å². The van der Waals surface area contributed by atoms with Crippen molar-refractivity contribution in [3.05, 3.63) is 48.0 Å². The molecule has 142 valence electrons. The summed E-state index contributed by atoms with van der Waals surface area (Å²) >= 11 is 0. The predicted octanol–water partition coefficient (Wildman–Crippen LogP) is 3.76. The minimum absolute atomic E-state index is 0.108. The van der Waals surface area contributed by atoms with E-state index < -0.39 is 10.1 Å². The summed E-state index contributed by atoms with van der Waals surface area (Å²) in [4.78, 5) is 2.01. The van der Waals surface area contributed by atoms with Gasteiger partial charge in [-0.25, -0.2) is 0 Å². The van der Waals surface area contributed by atoms with Crippen molar-refractivity contribution in [3.63, 3.8) is 0 Å². The van der Waals surface area contributed by atoms with Gasteiger partial charge in [0.2, 0.25) is 0 Å². The van der Waals surface area contributed by atoms with Crippen molar-refractivity contribution < 1.29 is 22.4 Å². The molecule has 0 spiro atoms. The fourth-order valence-electron chi connectivity index (χ4n) is 2.70. The molecule has 6 nitrogen and oxygen atoms in total. The highest BCUT2D eigenvalue weighted by atomic mass is 32.2. The van der Waals surface area contributed by atoms with Gasteiger partial charge in [0.15, 0.2) is 0 Å². The molecule has 2 aromatic rings. The quantitative estimate of drug-likeness (QED) is 0.669. The highest BCUT2D eigenvalue weighted by Crippen LogP contribution is 2.33. The molecular weight excluding hydrogens is 354 g/mol. The van der Waals surface area contributed by atoms with Crippen molar-refractivity contribution in [1.29, 1.82) is 0 Å². The Morgan fingerprint density at radius 2 is 1.85 bits per heavy atom. The van der Waals surface area contributed by atoms with Crippen LogP contribution in [0, 0.1) is 0 Å². The van der Waals surface area contributed by atoms with E-state index in [0.29, 0.717) is 18.0 Å². The first-order valence-corrected chi connectivity index (χ1v) is 9.86. The van der Waals surface area contributed by atoms with Crippen LogP contribution in [-0.2, 0) is 16.7 Å². The Kier molecular flexibility index (Phi) is 6.88. The molecule has 0 aliphatic rings. The molecule has 1 N–H and O–H groups in total. The summed E-state index contributed by atoms with van der Waals surface area (Å²) in [5.41, 5.74) is 1.65. The Morgan fingerprint density at radius 3 is 2.46 bits per heavy atom. The minimum Gasteiger partial charge on any atom is -0.497 e. The van der Waals surface area contributed by atoms with Crippen molar-refractivity contribution in [2.75, 3.05) is 25.7 Å². The second-order valence-corrected chi connectivity index (χ2v) is 7.36. The Balaban J connectivity index is 2.40.